The van der Waals surface area contributed by atoms with Crippen molar-refractivity contribution < 1.29 is 4.42 Å². The quantitative estimate of drug-likeness (QED) is 0.299. The first-order valence-electron chi connectivity index (χ1n) is 11.6. The Labute approximate surface area is 191 Å². The topological polar surface area (TPSA) is 13.1 Å². The summed E-state index contributed by atoms with van der Waals surface area (Å²) in [6.45, 7) is 20.3. The van der Waals surface area contributed by atoms with Gasteiger partial charge in [0.05, 0.1) is 0 Å². The molecule has 4 aromatic rings. The Bertz CT molecular complexity index is 914. The number of furan rings is 1. The first kappa shape index (κ1) is 28.2. The average Bonchev–Trinajstić information content (AvgIpc) is 3.19. The van der Waals surface area contributed by atoms with Gasteiger partial charge in [0.15, 0.2) is 0 Å². The van der Waals surface area contributed by atoms with Crippen LogP contribution in [0.4, 0.5) is 0 Å². The van der Waals surface area contributed by atoms with Crippen molar-refractivity contribution in [2.24, 2.45) is 0 Å². The van der Waals surface area contributed by atoms with Gasteiger partial charge in [-0.25, -0.2) is 0 Å². The van der Waals surface area contributed by atoms with Crippen LogP contribution in [0.15, 0.2) is 77.2 Å². The molecular weight excluding hydrogens is 376 g/mol. The number of rotatable bonds is 1. The zero-order valence-electron chi connectivity index (χ0n) is 21.3. The average molecular weight is 419 g/mol. The fourth-order valence-corrected chi connectivity index (χ4v) is 2.79. The van der Waals surface area contributed by atoms with Crippen molar-refractivity contribution >= 4 is 11.0 Å². The lowest BCUT2D eigenvalue weighted by Crippen LogP contribution is -1.78. The molecular formula is C30H42O. The van der Waals surface area contributed by atoms with E-state index in [9.17, 15) is 0 Å². The van der Waals surface area contributed by atoms with Gasteiger partial charge >= 0.3 is 0 Å². The summed E-state index contributed by atoms with van der Waals surface area (Å²) in [5, 5.41) is 1.20. The van der Waals surface area contributed by atoms with E-state index in [0.717, 1.165) is 11.3 Å². The third kappa shape index (κ3) is 9.70. The van der Waals surface area contributed by atoms with Gasteiger partial charge in [0.1, 0.15) is 11.3 Å². The molecule has 168 valence electrons. The van der Waals surface area contributed by atoms with Gasteiger partial charge in [0.2, 0.25) is 0 Å². The zero-order chi connectivity index (χ0) is 23.8. The van der Waals surface area contributed by atoms with E-state index in [1.807, 2.05) is 54.5 Å². The van der Waals surface area contributed by atoms with Crippen LogP contribution in [-0.4, -0.2) is 0 Å². The van der Waals surface area contributed by atoms with E-state index in [4.69, 9.17) is 4.42 Å². The first-order valence-corrected chi connectivity index (χ1v) is 11.6. The van der Waals surface area contributed by atoms with Crippen molar-refractivity contribution in [3.05, 3.63) is 95.2 Å². The smallest absolute Gasteiger partial charge is 0.134 e. The molecule has 4 rings (SSSR count). The second-order valence-corrected chi connectivity index (χ2v) is 6.63. The van der Waals surface area contributed by atoms with Crippen molar-refractivity contribution in [3.63, 3.8) is 0 Å². The highest BCUT2D eigenvalue weighted by Gasteiger charge is 1.98. The predicted octanol–water partition coefficient (Wildman–Crippen LogP) is 10.1. The maximum Gasteiger partial charge on any atom is 0.134 e. The molecule has 0 aliphatic carbocycles. The minimum absolute atomic E-state index is 0.977. The summed E-state index contributed by atoms with van der Waals surface area (Å²) in [6.07, 6.45) is 0. The standard InChI is InChI=1S/C14H14.C10H10O.3C2H6/c1-11-3-7-13(8-4-11)14-9-5-12(2)6-10-14;1-7-3-4-10-9(5-7)6-8(2)11-10;3*1-2/h3-10H,1-2H3;3-6H,1-2H3;3*1-2H3. The van der Waals surface area contributed by atoms with E-state index in [1.54, 1.807) is 0 Å². The summed E-state index contributed by atoms with van der Waals surface area (Å²) >= 11 is 0. The Kier molecular flexibility index (Phi) is 14.5. The Morgan fingerprint density at radius 3 is 1.26 bits per heavy atom. The van der Waals surface area contributed by atoms with Gasteiger partial charge in [-0.2, -0.15) is 0 Å². The molecule has 0 aliphatic heterocycles. The molecule has 31 heavy (non-hydrogen) atoms. The van der Waals surface area contributed by atoms with Gasteiger partial charge in [-0.3, -0.25) is 0 Å². The molecule has 0 radical (unpaired) electrons. The summed E-state index contributed by atoms with van der Waals surface area (Å²) in [5.41, 5.74) is 7.44. The molecule has 1 heteroatoms. The number of benzene rings is 3. The Morgan fingerprint density at radius 1 is 0.452 bits per heavy atom. The predicted molar refractivity (Wildman–Crippen MR) is 141 cm³/mol. The molecule has 0 unspecified atom stereocenters. The van der Waals surface area contributed by atoms with Crippen molar-refractivity contribution in [1.29, 1.82) is 0 Å². The third-order valence-corrected chi connectivity index (χ3v) is 4.23. The molecule has 1 heterocycles. The normalized spacial score (nSPS) is 8.97. The molecule has 0 amide bonds. The van der Waals surface area contributed by atoms with Gasteiger partial charge in [-0.05, 0) is 57.0 Å². The third-order valence-electron chi connectivity index (χ3n) is 4.23. The summed E-state index contributed by atoms with van der Waals surface area (Å²) < 4.78 is 5.42. The van der Waals surface area contributed by atoms with E-state index in [0.29, 0.717) is 0 Å². The lowest BCUT2D eigenvalue weighted by atomic mass is 10.0. The van der Waals surface area contributed by atoms with E-state index in [2.05, 4.69) is 87.5 Å². The monoisotopic (exact) mass is 418 g/mol. The fraction of sp³-hybridized carbons (Fsp3) is 0.333. The molecule has 0 bridgehead atoms. The molecule has 0 N–H and O–H groups in total. The van der Waals surface area contributed by atoms with E-state index < -0.39 is 0 Å². The highest BCUT2D eigenvalue weighted by atomic mass is 16.3. The summed E-state index contributed by atoms with van der Waals surface area (Å²) in [7, 11) is 0. The van der Waals surface area contributed by atoms with Crippen molar-refractivity contribution in [3.8, 4) is 11.1 Å². The minimum Gasteiger partial charge on any atom is -0.461 e. The molecule has 1 nitrogen and oxygen atoms in total. The lowest BCUT2D eigenvalue weighted by Gasteiger charge is -2.02. The van der Waals surface area contributed by atoms with Crippen molar-refractivity contribution in [2.75, 3.05) is 0 Å². The fourth-order valence-electron chi connectivity index (χ4n) is 2.79. The van der Waals surface area contributed by atoms with Gasteiger partial charge in [-0.1, -0.05) is 113 Å². The number of aryl methyl sites for hydroxylation is 4. The molecule has 0 atom stereocenters. The van der Waals surface area contributed by atoms with Crippen LogP contribution in [0.25, 0.3) is 22.1 Å². The second-order valence-electron chi connectivity index (χ2n) is 6.63. The summed E-state index contributed by atoms with van der Waals surface area (Å²) in [6, 6.07) is 25.5. The van der Waals surface area contributed by atoms with Crippen LogP contribution in [0.2, 0.25) is 0 Å². The van der Waals surface area contributed by atoms with Crippen LogP contribution < -0.4 is 0 Å². The van der Waals surface area contributed by atoms with Crippen LogP contribution >= 0.6 is 0 Å². The number of hydrogen-bond acceptors (Lipinski definition) is 1. The SMILES string of the molecule is CC.CC.CC.Cc1ccc(-c2ccc(C)cc2)cc1.Cc1ccc2oc(C)cc2c1. The van der Waals surface area contributed by atoms with Crippen LogP contribution in [-0.2, 0) is 0 Å². The molecule has 0 spiro atoms. The van der Waals surface area contributed by atoms with Gasteiger partial charge in [0.25, 0.3) is 0 Å². The molecule has 1 aromatic heterocycles. The molecule has 0 saturated carbocycles. The second kappa shape index (κ2) is 16.0. The van der Waals surface area contributed by atoms with Crippen LogP contribution in [0.1, 0.15) is 64.0 Å². The van der Waals surface area contributed by atoms with Gasteiger partial charge < -0.3 is 4.42 Å². The van der Waals surface area contributed by atoms with Gasteiger partial charge in [0, 0.05) is 5.39 Å². The maximum atomic E-state index is 5.42. The van der Waals surface area contributed by atoms with E-state index in [-0.39, 0.29) is 0 Å². The number of fused-ring (bicyclic) bond motifs is 1. The largest absolute Gasteiger partial charge is 0.461 e. The summed E-state index contributed by atoms with van der Waals surface area (Å²) in [4.78, 5) is 0. The lowest BCUT2D eigenvalue weighted by molar-refractivity contribution is 0.578. The van der Waals surface area contributed by atoms with Crippen LogP contribution in [0.5, 0.6) is 0 Å². The van der Waals surface area contributed by atoms with Crippen molar-refractivity contribution in [2.45, 2.75) is 69.2 Å². The van der Waals surface area contributed by atoms with Crippen LogP contribution in [0, 0.1) is 27.7 Å². The zero-order valence-corrected chi connectivity index (χ0v) is 21.3. The van der Waals surface area contributed by atoms with E-state index >= 15 is 0 Å². The number of hydrogen-bond donors (Lipinski definition) is 0. The Hall–Kier alpha value is -2.80. The van der Waals surface area contributed by atoms with Crippen LogP contribution in [0.3, 0.4) is 0 Å². The highest BCUT2D eigenvalue weighted by molar-refractivity contribution is 5.78. The van der Waals surface area contributed by atoms with Crippen molar-refractivity contribution in [1.82, 2.24) is 0 Å². The molecule has 0 fully saturated rings. The molecule has 0 aliphatic rings. The first-order chi connectivity index (χ1) is 15.0. The maximum absolute atomic E-state index is 5.42. The Morgan fingerprint density at radius 2 is 0.839 bits per heavy atom. The van der Waals surface area contributed by atoms with Gasteiger partial charge in [-0.15, -0.1) is 0 Å². The van der Waals surface area contributed by atoms with E-state index in [1.165, 1.54) is 33.2 Å². The Balaban J connectivity index is 0.000000476. The summed E-state index contributed by atoms with van der Waals surface area (Å²) in [5.74, 6) is 0.977. The molecule has 0 saturated heterocycles. The highest BCUT2D eigenvalue weighted by Crippen LogP contribution is 2.20. The minimum atomic E-state index is 0.977. The molecule has 3 aromatic carbocycles.